The van der Waals surface area contributed by atoms with Crippen molar-refractivity contribution in [3.05, 3.63) is 48.5 Å². The Morgan fingerprint density at radius 3 is 2.21 bits per heavy atom. The third kappa shape index (κ3) is 7.06. The summed E-state index contributed by atoms with van der Waals surface area (Å²) in [6.07, 6.45) is 0. The molecule has 0 fully saturated rings. The summed E-state index contributed by atoms with van der Waals surface area (Å²) in [7, 11) is -13.7. The second-order valence-corrected chi connectivity index (χ2v) is 14.3. The molecule has 0 saturated heterocycles. The lowest BCUT2D eigenvalue weighted by Gasteiger charge is -2.13. The number of nitrogens with zero attached hydrogens (tertiary/aromatic N) is 4. The predicted molar refractivity (Wildman–Crippen MR) is 149 cm³/mol. The number of anilines is 1. The summed E-state index contributed by atoms with van der Waals surface area (Å²) in [4.78, 5) is 11.4. The van der Waals surface area contributed by atoms with Crippen LogP contribution in [0.2, 0.25) is 0 Å². The van der Waals surface area contributed by atoms with E-state index in [4.69, 9.17) is 10.4 Å². The molecular formula is C22H20N4O13S4. The highest BCUT2D eigenvalue weighted by Gasteiger charge is 2.35. The van der Waals surface area contributed by atoms with E-state index in [0.717, 1.165) is 23.2 Å². The number of fused-ring (bicyclic) bond motifs is 1. The maximum absolute atomic E-state index is 13.1. The molecule has 3 aromatic rings. The number of rotatable bonds is 11. The van der Waals surface area contributed by atoms with E-state index in [9.17, 15) is 39.2 Å². The first-order chi connectivity index (χ1) is 20.1. The molecule has 1 aliphatic rings. The molecule has 1 amide bonds. The first-order valence-electron chi connectivity index (χ1n) is 11.5. The van der Waals surface area contributed by atoms with Crippen LogP contribution in [-0.2, 0) is 44.2 Å². The zero-order valence-corrected chi connectivity index (χ0v) is 24.8. The average molecular weight is 677 g/mol. The molecule has 4 rings (SSSR count). The van der Waals surface area contributed by atoms with Crippen molar-refractivity contribution in [1.82, 2.24) is 0 Å². The van der Waals surface area contributed by atoms with Gasteiger partial charge in [-0.3, -0.25) is 13.9 Å². The minimum absolute atomic E-state index is 0.0626. The Bertz CT molecular complexity index is 1980. The van der Waals surface area contributed by atoms with Crippen LogP contribution in [-0.4, -0.2) is 74.7 Å². The van der Waals surface area contributed by atoms with E-state index in [1.54, 1.807) is 0 Å². The molecule has 4 N–H and O–H groups in total. The molecule has 1 heterocycles. The van der Waals surface area contributed by atoms with Gasteiger partial charge in [-0.05, 0) is 60.8 Å². The molecule has 1 atom stereocenters. The van der Waals surface area contributed by atoms with Crippen LogP contribution in [0, 0.1) is 0 Å². The maximum Gasteiger partial charge on any atom is 0.296 e. The lowest BCUT2D eigenvalue weighted by molar-refractivity contribution is -0.432. The van der Waals surface area contributed by atoms with E-state index in [-0.39, 0.29) is 32.0 Å². The molecule has 0 bridgehead atoms. The lowest BCUT2D eigenvalue weighted by atomic mass is 10.1. The molecule has 0 aliphatic carbocycles. The Morgan fingerprint density at radius 2 is 1.63 bits per heavy atom. The van der Waals surface area contributed by atoms with E-state index in [2.05, 4.69) is 24.7 Å². The van der Waals surface area contributed by atoms with Crippen molar-refractivity contribution in [2.75, 3.05) is 17.4 Å². The molecule has 0 saturated carbocycles. The fourth-order valence-electron chi connectivity index (χ4n) is 3.95. The zero-order valence-electron chi connectivity index (χ0n) is 21.5. The number of benzene rings is 3. The fourth-order valence-corrected chi connectivity index (χ4v) is 6.87. The van der Waals surface area contributed by atoms with Crippen molar-refractivity contribution >= 4 is 75.9 Å². The van der Waals surface area contributed by atoms with E-state index >= 15 is 0 Å². The maximum atomic E-state index is 13.1. The van der Waals surface area contributed by atoms with Crippen molar-refractivity contribution in [2.24, 2.45) is 15.3 Å². The van der Waals surface area contributed by atoms with Gasteiger partial charge in [0.05, 0.1) is 40.7 Å². The van der Waals surface area contributed by atoms with Gasteiger partial charge in [-0.25, -0.2) is 13.7 Å². The molecule has 3 aromatic carbocycles. The van der Waals surface area contributed by atoms with Crippen LogP contribution in [0.1, 0.15) is 6.92 Å². The van der Waals surface area contributed by atoms with Gasteiger partial charge in [0.25, 0.3) is 26.1 Å². The first-order valence-corrected chi connectivity index (χ1v) is 16.8. The summed E-state index contributed by atoms with van der Waals surface area (Å²) < 4.78 is 96.7. The number of azo groups is 1. The number of amides is 1. The number of carbonyl (C=O) groups is 1. The number of hydrazone groups is 1. The monoisotopic (exact) mass is 676 g/mol. The van der Waals surface area contributed by atoms with Crippen LogP contribution < -0.4 is 5.01 Å². The number of carbonyl (C=O) groups excluding carboxylic acids is 1. The highest BCUT2D eigenvalue weighted by atomic mass is 32.2. The van der Waals surface area contributed by atoms with Gasteiger partial charge in [0.1, 0.15) is 15.5 Å². The molecule has 17 nitrogen and oxygen atoms in total. The van der Waals surface area contributed by atoms with Crippen LogP contribution in [0.25, 0.3) is 10.8 Å². The Hall–Kier alpha value is -3.38. The van der Waals surface area contributed by atoms with Gasteiger partial charge >= 0.3 is 0 Å². The third-order valence-corrected chi connectivity index (χ3v) is 9.91. The van der Waals surface area contributed by atoms with Crippen molar-refractivity contribution < 1.29 is 58.9 Å². The average Bonchev–Trinajstić information content (AvgIpc) is 3.21. The molecule has 230 valence electrons. The van der Waals surface area contributed by atoms with Crippen LogP contribution in [0.4, 0.5) is 11.4 Å². The summed E-state index contributed by atoms with van der Waals surface area (Å²) in [6, 6.07) is 7.52. The van der Waals surface area contributed by atoms with Gasteiger partial charge in [0.2, 0.25) is 0 Å². The molecule has 21 heteroatoms. The summed E-state index contributed by atoms with van der Waals surface area (Å²) in [6.45, 7) is 0.840. The van der Waals surface area contributed by atoms with Gasteiger partial charge in [-0.2, -0.15) is 37.2 Å². The molecule has 0 aromatic heterocycles. The first kappa shape index (κ1) is 32.5. The second kappa shape index (κ2) is 12.3. The molecule has 43 heavy (non-hydrogen) atoms. The number of aliphatic hydroxyl groups excluding tert-OH is 1. The summed E-state index contributed by atoms with van der Waals surface area (Å²) >= 11 is 0.316. The highest BCUT2D eigenvalue weighted by molar-refractivity contribution is 7.94. The number of sulfone groups is 1. The Balaban J connectivity index is 1.73. The van der Waals surface area contributed by atoms with Gasteiger partial charge in [0, 0.05) is 10.3 Å². The Morgan fingerprint density at radius 1 is 0.977 bits per heavy atom. The normalized spacial score (nSPS) is 16.4. The standard InChI is InChI=1S/C22H20N4O13S4/c1-12-21(22(28)26(25-12)14-2-4-16(5-3-14)41(30,31)7-6-27)24-23-18-11-17-13(9-20(18)43(35,36)37)8-15(40-39-38-29)10-19(17)42(32,33)34/h2-5,8-11,21,27,29H,6-7H2,1H3,(H,32,33,34)(H,35,36,37). The minimum atomic E-state index is -5.01. The smallest absolute Gasteiger partial charge is 0.296 e. The molecular weight excluding hydrogens is 657 g/mol. The Kier molecular flexibility index (Phi) is 9.32. The number of hydrogen-bond donors (Lipinski definition) is 4. The fraction of sp³-hybridized carbons (Fsp3) is 0.182. The van der Waals surface area contributed by atoms with Crippen LogP contribution >= 0.6 is 12.0 Å². The Labute approximate surface area is 247 Å². The zero-order chi connectivity index (χ0) is 31.7. The number of aliphatic hydroxyl groups is 1. The lowest BCUT2D eigenvalue weighted by Crippen LogP contribution is -2.29. The summed E-state index contributed by atoms with van der Waals surface area (Å²) in [5.41, 5.74) is -0.324. The van der Waals surface area contributed by atoms with Crippen molar-refractivity contribution in [2.45, 2.75) is 32.5 Å². The van der Waals surface area contributed by atoms with Crippen LogP contribution in [0.15, 0.2) is 83.4 Å². The van der Waals surface area contributed by atoms with E-state index < -0.39 is 69.9 Å². The van der Waals surface area contributed by atoms with Crippen molar-refractivity contribution in [3.63, 3.8) is 0 Å². The number of hydrogen-bond acceptors (Lipinski definition) is 15. The molecule has 0 radical (unpaired) electrons. The van der Waals surface area contributed by atoms with Crippen LogP contribution in [0.5, 0.6) is 0 Å². The topological polar surface area (TPSA) is 259 Å². The van der Waals surface area contributed by atoms with Crippen LogP contribution in [0.3, 0.4) is 0 Å². The largest absolute Gasteiger partial charge is 0.395 e. The molecule has 0 spiro atoms. The van der Waals surface area contributed by atoms with E-state index in [1.165, 1.54) is 37.3 Å². The molecule has 1 unspecified atom stereocenters. The van der Waals surface area contributed by atoms with Gasteiger partial charge in [-0.15, -0.1) is 4.33 Å². The summed E-state index contributed by atoms with van der Waals surface area (Å²) in [5, 5.41) is 33.1. The highest BCUT2D eigenvalue weighted by Crippen LogP contribution is 2.37. The second-order valence-electron chi connectivity index (χ2n) is 8.68. The predicted octanol–water partition coefficient (Wildman–Crippen LogP) is 2.40. The SMILES string of the molecule is CC1=NN(c2ccc(S(=O)(=O)CCO)cc2)C(=O)C1N=Nc1cc2c(S(=O)(=O)O)cc(SOOO)cc2cc1S(=O)(=O)O. The van der Waals surface area contributed by atoms with Crippen molar-refractivity contribution in [3.8, 4) is 0 Å². The molecule has 1 aliphatic heterocycles. The minimum Gasteiger partial charge on any atom is -0.395 e. The quantitative estimate of drug-likeness (QED) is 0.0748. The van der Waals surface area contributed by atoms with Gasteiger partial charge < -0.3 is 5.11 Å². The van der Waals surface area contributed by atoms with Gasteiger partial charge in [-0.1, -0.05) is 5.04 Å². The van der Waals surface area contributed by atoms with E-state index in [0.29, 0.717) is 12.0 Å². The third-order valence-electron chi connectivity index (χ3n) is 5.86. The van der Waals surface area contributed by atoms with Crippen molar-refractivity contribution in [1.29, 1.82) is 0 Å². The van der Waals surface area contributed by atoms with Gasteiger partial charge in [0.15, 0.2) is 15.9 Å². The van der Waals surface area contributed by atoms with E-state index in [1.807, 2.05) is 0 Å². The summed E-state index contributed by atoms with van der Waals surface area (Å²) in [5.74, 6) is -1.25.